The second kappa shape index (κ2) is 17.5. The lowest BCUT2D eigenvalue weighted by Crippen LogP contribution is -2.75. The van der Waals surface area contributed by atoms with E-state index in [9.17, 15) is 105 Å². The minimum Gasteiger partial charge on any atom is -0.194 e. The van der Waals surface area contributed by atoms with Crippen molar-refractivity contribution in [3.8, 4) is 0 Å². The Morgan fingerprint density at radius 1 is 0.317 bits per heavy atom. The Morgan fingerprint density at radius 2 is 0.460 bits per heavy atom. The summed E-state index contributed by atoms with van der Waals surface area (Å²) in [6.07, 6.45) is -50.7. The van der Waals surface area contributed by atoms with Crippen LogP contribution in [0.15, 0.2) is 72.8 Å². The topological polar surface area (TPSA) is 9.23 Å². The molecule has 63 heavy (non-hydrogen) atoms. The molecule has 4 aromatic carbocycles. The molecule has 0 unspecified atom stereocenters. The number of halogens is 24. The van der Waals surface area contributed by atoms with Crippen LogP contribution in [-0.2, 0) is 64.8 Å². The van der Waals surface area contributed by atoms with Crippen LogP contribution in [-0.4, -0.2) is 25.3 Å². The second-order valence-corrected chi connectivity index (χ2v) is 15.1. The molecule has 0 aliphatic carbocycles. The fraction of sp³-hybridized carbons (Fsp3) is 0.333. The largest absolute Gasteiger partial charge is 0.416 e. The van der Waals surface area contributed by atoms with Gasteiger partial charge in [0.25, 0.3) is 0 Å². The van der Waals surface area contributed by atoms with Crippen LogP contribution in [0.3, 0.4) is 0 Å². The van der Waals surface area contributed by atoms with E-state index in [0.29, 0.717) is 0 Å². The molecule has 350 valence electrons. The predicted molar refractivity (Wildman–Crippen MR) is 181 cm³/mol. The highest BCUT2D eigenvalue weighted by atomic mass is 32.2. The Morgan fingerprint density at radius 3 is 0.540 bits per heavy atom. The van der Waals surface area contributed by atoms with E-state index in [1.165, 1.54) is 0 Å². The molecule has 0 radical (unpaired) electrons. The van der Waals surface area contributed by atoms with Crippen molar-refractivity contribution >= 4 is 39.2 Å². The summed E-state index contributed by atoms with van der Waals surface area (Å²) in [6.45, 7) is 2.85. The molecule has 0 fully saturated rings. The molecule has 0 aliphatic heterocycles. The average molecular weight is 970 g/mol. The molecule has 1 nitrogen and oxygen atoms in total. The van der Waals surface area contributed by atoms with Crippen LogP contribution in [0.4, 0.5) is 105 Å². The van der Waals surface area contributed by atoms with E-state index in [0.717, 1.165) is 6.61 Å². The van der Waals surface area contributed by atoms with Crippen molar-refractivity contribution in [3.05, 3.63) is 117 Å². The summed E-state index contributed by atoms with van der Waals surface area (Å²) >= 11 is 0.184. The van der Waals surface area contributed by atoms with Crippen LogP contribution < -0.4 is 21.9 Å². The summed E-state index contributed by atoms with van der Waals surface area (Å²) in [5, 5.41) is 0. The number of alkyl halides is 24. The number of benzene rings is 4. The average Bonchev–Trinajstić information content (AvgIpc) is 3.09. The van der Waals surface area contributed by atoms with Crippen LogP contribution in [0.1, 0.15) is 51.4 Å². The van der Waals surface area contributed by atoms with Gasteiger partial charge in [0.1, 0.15) is 36.4 Å². The van der Waals surface area contributed by atoms with E-state index in [1.54, 1.807) is 0 Å². The molecule has 27 heteroatoms. The third-order valence-electron chi connectivity index (χ3n) is 8.79. The molecular weight excluding hydrogens is 947 g/mol. The maximum absolute atomic E-state index is 14.2. The Kier molecular flexibility index (Phi) is 14.7. The molecule has 0 spiro atoms. The van der Waals surface area contributed by atoms with Gasteiger partial charge in [-0.15, -0.1) is 0 Å². The number of hydrogen-bond donors (Lipinski definition) is 0. The fourth-order valence-electron chi connectivity index (χ4n) is 6.31. The Balaban J connectivity index is 0.00000164. The van der Waals surface area contributed by atoms with Crippen molar-refractivity contribution in [2.24, 2.45) is 0 Å². The van der Waals surface area contributed by atoms with Gasteiger partial charge in [0.05, 0.1) is 44.5 Å². The van der Waals surface area contributed by atoms with E-state index in [4.69, 9.17) is 4.18 Å². The van der Waals surface area contributed by atoms with Gasteiger partial charge in [0.2, 0.25) is 0 Å². The van der Waals surface area contributed by atoms with Crippen LogP contribution in [0.25, 0.3) is 0 Å². The molecule has 0 amide bonds. The van der Waals surface area contributed by atoms with Gasteiger partial charge in [-0.3, -0.25) is 0 Å². The van der Waals surface area contributed by atoms with E-state index in [-0.39, 0.29) is 11.2 Å². The highest BCUT2D eigenvalue weighted by Crippen LogP contribution is 2.41. The third-order valence-corrected chi connectivity index (χ3v) is 9.50. The fourth-order valence-corrected chi connectivity index (χ4v) is 6.78. The van der Waals surface area contributed by atoms with Gasteiger partial charge in [0, 0.05) is 0 Å². The predicted octanol–water partition coefficient (Wildman–Crippen LogP) is 12.0. The minimum atomic E-state index is -6.13. The molecule has 4 rings (SSSR count). The van der Waals surface area contributed by atoms with Crippen molar-refractivity contribution in [3.63, 3.8) is 0 Å². The summed E-state index contributed by atoms with van der Waals surface area (Å²) in [5.74, 6) is 0. The molecule has 0 atom stereocenters. The standard InChI is InChI=1S/C32H12BF24.C4H11OS/c34-25(35,36)13-1-14(26(37,38)39)6-21(5-13)33(22-7-15(27(40,41)42)2-16(8-22)28(43,44)45,23-9-17(29(46,47)48)3-18(10-23)30(49,50)51)24-11-19(31(52,53)54)4-20(12-24)32(55,56)57;1-4-5-6(2)3/h1-12H;4H2,1-3H3/q-1;+1. The first-order valence-corrected chi connectivity index (χ1v) is 18.6. The van der Waals surface area contributed by atoms with E-state index < -0.39 is 195 Å². The minimum absolute atomic E-state index is 0.184. The van der Waals surface area contributed by atoms with Crippen molar-refractivity contribution in [2.75, 3.05) is 19.1 Å². The summed E-state index contributed by atoms with van der Waals surface area (Å²) in [7, 11) is 0. The summed E-state index contributed by atoms with van der Waals surface area (Å²) < 4.78 is 346. The van der Waals surface area contributed by atoms with Gasteiger partial charge >= 0.3 is 49.4 Å². The molecular formula is C36H23BF24OS. The third kappa shape index (κ3) is 12.6. The van der Waals surface area contributed by atoms with Gasteiger partial charge in [0.15, 0.2) is 0 Å². The molecule has 0 saturated heterocycles. The Hall–Kier alpha value is -4.43. The number of rotatable bonds is 6. The Labute approximate surface area is 341 Å². The first kappa shape index (κ1) is 52.9. The van der Waals surface area contributed by atoms with Crippen LogP contribution in [0.2, 0.25) is 0 Å². The first-order valence-electron chi connectivity index (χ1n) is 16.6. The molecule has 0 heterocycles. The molecule has 0 N–H and O–H groups in total. The van der Waals surface area contributed by atoms with Crippen LogP contribution >= 0.6 is 0 Å². The number of hydrogen-bond acceptors (Lipinski definition) is 1. The van der Waals surface area contributed by atoms with Crippen LogP contribution in [0.5, 0.6) is 0 Å². The van der Waals surface area contributed by atoms with Gasteiger partial charge in [-0.2, -0.15) is 131 Å². The Bertz CT molecular complexity index is 1800. The van der Waals surface area contributed by atoms with Gasteiger partial charge in [-0.25, -0.2) is 0 Å². The van der Waals surface area contributed by atoms with Gasteiger partial charge in [-0.1, -0.05) is 48.5 Å². The summed E-state index contributed by atoms with van der Waals surface area (Å²) in [5.41, 5.74) is -30.2. The van der Waals surface area contributed by atoms with E-state index in [1.807, 2.05) is 6.92 Å². The highest BCUT2D eigenvalue weighted by Gasteiger charge is 2.47. The second-order valence-electron chi connectivity index (χ2n) is 13.4. The zero-order valence-electron chi connectivity index (χ0n) is 31.1. The molecule has 0 bridgehead atoms. The quantitative estimate of drug-likeness (QED) is 0.106. The molecule has 4 aromatic rings. The zero-order chi connectivity index (χ0) is 48.9. The lowest BCUT2D eigenvalue weighted by atomic mass is 9.12. The summed E-state index contributed by atoms with van der Waals surface area (Å²) in [4.78, 5) is 0. The normalized spacial score (nSPS) is 13.9. The zero-order valence-corrected chi connectivity index (χ0v) is 31.9. The molecule has 0 aromatic heterocycles. The molecule has 0 aliphatic rings. The molecule has 0 saturated carbocycles. The first-order chi connectivity index (χ1) is 28.0. The monoisotopic (exact) mass is 970 g/mol. The maximum atomic E-state index is 14.2. The van der Waals surface area contributed by atoms with Crippen molar-refractivity contribution in [1.82, 2.24) is 0 Å². The lowest BCUT2D eigenvalue weighted by molar-refractivity contribution is -0.144. The summed E-state index contributed by atoms with van der Waals surface area (Å²) in [6, 6.07) is -8.81. The van der Waals surface area contributed by atoms with Crippen molar-refractivity contribution < 1.29 is 110 Å². The SMILES string of the molecule is CCO[S+](C)C.FC(F)(F)c1cc([B-](c2cc(C(F)(F)F)cc(C(F)(F)F)c2)(c2cc(C(F)(F)F)cc(C(F)(F)F)c2)c2cc(C(F)(F)F)cc(C(F)(F)F)c2)cc(C(F)(F)F)c1. The van der Waals surface area contributed by atoms with Crippen LogP contribution in [0, 0.1) is 0 Å². The highest BCUT2D eigenvalue weighted by molar-refractivity contribution is 7.90. The van der Waals surface area contributed by atoms with Crippen molar-refractivity contribution in [2.45, 2.75) is 56.3 Å². The van der Waals surface area contributed by atoms with E-state index in [2.05, 4.69) is 12.5 Å². The smallest absolute Gasteiger partial charge is 0.194 e. The van der Waals surface area contributed by atoms with Gasteiger partial charge < -0.3 is 0 Å². The maximum Gasteiger partial charge on any atom is 0.416 e. The lowest BCUT2D eigenvalue weighted by Gasteiger charge is -2.46. The van der Waals surface area contributed by atoms with E-state index >= 15 is 0 Å². The van der Waals surface area contributed by atoms with Gasteiger partial charge in [-0.05, 0) is 31.2 Å². The van der Waals surface area contributed by atoms with Crippen molar-refractivity contribution in [1.29, 1.82) is 0 Å².